The third-order valence-electron chi connectivity index (χ3n) is 0. The summed E-state index contributed by atoms with van der Waals surface area (Å²) in [5, 5.41) is 0. The molecule has 0 spiro atoms. The highest BCUT2D eigenvalue weighted by molar-refractivity contribution is 7.30. The van der Waals surface area contributed by atoms with Crippen molar-refractivity contribution in [3.8, 4) is 0 Å². The lowest BCUT2D eigenvalue weighted by Crippen LogP contribution is -1.66. The molecule has 78 valence electrons. The van der Waals surface area contributed by atoms with E-state index in [1.165, 1.54) is 0 Å². The van der Waals surface area contributed by atoms with Gasteiger partial charge in [0.25, 0.3) is 0 Å². The molecule has 0 aromatic heterocycles. The topological polar surface area (TPSA) is 57.5 Å². The van der Waals surface area contributed by atoms with Crippen LogP contribution >= 0.6 is 8.25 Å². The zero-order valence-electron chi connectivity index (χ0n) is 8.96. The third kappa shape index (κ3) is 37800. The van der Waals surface area contributed by atoms with Gasteiger partial charge in [-0.25, -0.2) is 0 Å². The highest BCUT2D eigenvalue weighted by Gasteiger charge is 1.68. The molecule has 0 atom stereocenters. The molecule has 0 fully saturated rings. The van der Waals surface area contributed by atoms with Gasteiger partial charge in [-0.3, -0.25) is 4.57 Å². The standard InChI is InChI=1S/2C4H10.H3O3P/c3*1-4(2)3/h2*4H,1-3H3;4H,(H2,1,2,3). The molecule has 0 unspecified atom stereocenters. The first-order valence-corrected chi connectivity index (χ1v) is 5.42. The maximum absolute atomic E-state index is 8.74. The van der Waals surface area contributed by atoms with E-state index in [-0.39, 0.29) is 0 Å². The fourth-order valence-electron chi connectivity index (χ4n) is 0. The molecule has 0 aliphatic carbocycles. The van der Waals surface area contributed by atoms with Gasteiger partial charge in [-0.15, -0.1) is 0 Å². The molecule has 3 nitrogen and oxygen atoms in total. The van der Waals surface area contributed by atoms with E-state index in [4.69, 9.17) is 14.4 Å². The van der Waals surface area contributed by atoms with E-state index < -0.39 is 8.25 Å². The molecular formula is C8H23O3P. The molecule has 12 heavy (non-hydrogen) atoms. The third-order valence-corrected chi connectivity index (χ3v) is 0. The lowest BCUT2D eigenvalue weighted by Gasteiger charge is -1.79. The van der Waals surface area contributed by atoms with E-state index >= 15 is 0 Å². The largest absolute Gasteiger partial charge is 0.326 e. The summed E-state index contributed by atoms with van der Waals surface area (Å²) in [7, 11) is -3.13. The zero-order valence-corrected chi connectivity index (χ0v) is 9.96. The highest BCUT2D eigenvalue weighted by Crippen LogP contribution is 1.98. The average Bonchev–Trinajstić information content (AvgIpc) is 1.54. The van der Waals surface area contributed by atoms with Crippen LogP contribution in [0.15, 0.2) is 0 Å². The van der Waals surface area contributed by atoms with Crippen molar-refractivity contribution in [2.24, 2.45) is 11.8 Å². The summed E-state index contributed by atoms with van der Waals surface area (Å²) >= 11 is 0. The lowest BCUT2D eigenvalue weighted by atomic mass is 10.3. The van der Waals surface area contributed by atoms with Crippen molar-refractivity contribution >= 4 is 8.25 Å². The second-order valence-electron chi connectivity index (χ2n) is 3.75. The van der Waals surface area contributed by atoms with Crippen LogP contribution in [-0.2, 0) is 4.57 Å². The van der Waals surface area contributed by atoms with Crippen LogP contribution in [0.4, 0.5) is 0 Å². The first kappa shape index (κ1) is 18.0. The summed E-state index contributed by atoms with van der Waals surface area (Å²) < 4.78 is 8.74. The van der Waals surface area contributed by atoms with Crippen LogP contribution in [-0.4, -0.2) is 9.79 Å². The van der Waals surface area contributed by atoms with E-state index in [0.717, 1.165) is 11.8 Å². The minimum atomic E-state index is -3.13. The van der Waals surface area contributed by atoms with Crippen molar-refractivity contribution in [2.45, 2.75) is 41.5 Å². The van der Waals surface area contributed by atoms with Crippen molar-refractivity contribution in [2.75, 3.05) is 0 Å². The molecule has 0 bridgehead atoms. The smallest absolute Gasteiger partial charge is 0.314 e. The molecule has 2 N–H and O–H groups in total. The first-order valence-electron chi connectivity index (χ1n) is 4.12. The molecule has 0 saturated carbocycles. The summed E-state index contributed by atoms with van der Waals surface area (Å²) in [5.41, 5.74) is 0. The second kappa shape index (κ2) is 13.7. The van der Waals surface area contributed by atoms with Crippen LogP contribution in [0.25, 0.3) is 0 Å². The van der Waals surface area contributed by atoms with Gasteiger partial charge in [0.2, 0.25) is 0 Å². The number of hydrogen-bond acceptors (Lipinski definition) is 1. The van der Waals surface area contributed by atoms with Crippen LogP contribution in [0, 0.1) is 11.8 Å². The van der Waals surface area contributed by atoms with Gasteiger partial charge >= 0.3 is 8.25 Å². The van der Waals surface area contributed by atoms with Gasteiger partial charge in [0, 0.05) is 0 Å². The van der Waals surface area contributed by atoms with Gasteiger partial charge in [0.15, 0.2) is 0 Å². The Balaban J connectivity index is -0.000000101. The molecule has 0 aliphatic heterocycles. The zero-order chi connectivity index (χ0) is 10.7. The summed E-state index contributed by atoms with van der Waals surface area (Å²) in [6.45, 7) is 13.0. The maximum Gasteiger partial charge on any atom is 0.314 e. The predicted molar refractivity (Wildman–Crippen MR) is 54.5 cm³/mol. The molecule has 0 aliphatic rings. The number of hydrogen-bond donors (Lipinski definition) is 2. The van der Waals surface area contributed by atoms with Crippen LogP contribution in [0.2, 0.25) is 0 Å². The van der Waals surface area contributed by atoms with Gasteiger partial charge in [-0.05, 0) is 11.8 Å². The quantitative estimate of drug-likeness (QED) is 0.588. The summed E-state index contributed by atoms with van der Waals surface area (Å²) in [6, 6.07) is 0. The summed E-state index contributed by atoms with van der Waals surface area (Å²) in [4.78, 5) is 14.3. The Bertz CT molecular complexity index is 76.8. The Morgan fingerprint density at radius 1 is 0.833 bits per heavy atom. The maximum atomic E-state index is 8.74. The molecule has 0 rings (SSSR count). The summed E-state index contributed by atoms with van der Waals surface area (Å²) in [6.07, 6.45) is 0. The van der Waals surface area contributed by atoms with Crippen molar-refractivity contribution in [3.05, 3.63) is 0 Å². The van der Waals surface area contributed by atoms with Gasteiger partial charge in [-0.2, -0.15) is 0 Å². The van der Waals surface area contributed by atoms with E-state index in [1.807, 2.05) is 0 Å². The molecule has 0 aromatic rings. The van der Waals surface area contributed by atoms with Crippen molar-refractivity contribution in [3.63, 3.8) is 0 Å². The van der Waals surface area contributed by atoms with Crippen LogP contribution < -0.4 is 0 Å². The van der Waals surface area contributed by atoms with Crippen molar-refractivity contribution in [1.29, 1.82) is 0 Å². The molecule has 4 heteroatoms. The van der Waals surface area contributed by atoms with E-state index in [0.29, 0.717) is 0 Å². The average molecular weight is 198 g/mol. The second-order valence-corrected chi connectivity index (χ2v) is 4.31. The Morgan fingerprint density at radius 3 is 0.833 bits per heavy atom. The van der Waals surface area contributed by atoms with Gasteiger partial charge in [-0.1, -0.05) is 41.5 Å². The molecule has 0 saturated heterocycles. The van der Waals surface area contributed by atoms with Crippen molar-refractivity contribution < 1.29 is 14.4 Å². The lowest BCUT2D eigenvalue weighted by molar-refractivity contribution is 0.405. The van der Waals surface area contributed by atoms with Gasteiger partial charge in [0.05, 0.1) is 0 Å². The number of rotatable bonds is 0. The van der Waals surface area contributed by atoms with E-state index in [1.54, 1.807) is 0 Å². The molecule has 0 heterocycles. The predicted octanol–water partition coefficient (Wildman–Crippen LogP) is 2.69. The normalized spacial score (nSPS) is 8.92. The van der Waals surface area contributed by atoms with E-state index in [9.17, 15) is 0 Å². The Kier molecular flexibility index (Phi) is 20.6. The molecule has 0 radical (unpaired) electrons. The fourth-order valence-corrected chi connectivity index (χ4v) is 0. The molecule has 0 amide bonds. The fraction of sp³-hybridized carbons (Fsp3) is 1.00. The monoisotopic (exact) mass is 198 g/mol. The molecule has 0 aromatic carbocycles. The van der Waals surface area contributed by atoms with Crippen LogP contribution in [0.5, 0.6) is 0 Å². The van der Waals surface area contributed by atoms with Gasteiger partial charge < -0.3 is 9.79 Å². The summed E-state index contributed by atoms with van der Waals surface area (Å²) in [5.74, 6) is 1.67. The Labute approximate surface area is 76.8 Å². The SMILES string of the molecule is CC(C)C.CC(C)C.O=[PH](O)O. The minimum Gasteiger partial charge on any atom is -0.326 e. The van der Waals surface area contributed by atoms with Crippen LogP contribution in [0.1, 0.15) is 41.5 Å². The van der Waals surface area contributed by atoms with E-state index in [2.05, 4.69) is 41.5 Å². The Morgan fingerprint density at radius 2 is 0.833 bits per heavy atom. The van der Waals surface area contributed by atoms with Gasteiger partial charge in [0.1, 0.15) is 0 Å². The first-order chi connectivity index (χ1) is 5.20. The Hall–Kier alpha value is 0.150. The highest BCUT2D eigenvalue weighted by atomic mass is 31.1. The minimum absolute atomic E-state index is 0.833. The molecular weight excluding hydrogens is 175 g/mol. The van der Waals surface area contributed by atoms with Crippen molar-refractivity contribution in [1.82, 2.24) is 0 Å². The van der Waals surface area contributed by atoms with Crippen LogP contribution in [0.3, 0.4) is 0 Å².